The van der Waals surface area contributed by atoms with Gasteiger partial charge in [-0.2, -0.15) is 5.26 Å². The van der Waals surface area contributed by atoms with Crippen molar-refractivity contribution in [1.82, 2.24) is 4.98 Å². The molecule has 0 saturated carbocycles. The minimum absolute atomic E-state index is 0.0904. The Morgan fingerprint density at radius 3 is 2.74 bits per heavy atom. The summed E-state index contributed by atoms with van der Waals surface area (Å²) in [6.07, 6.45) is 2.82. The summed E-state index contributed by atoms with van der Waals surface area (Å²) in [5, 5.41) is 8.72. The van der Waals surface area contributed by atoms with E-state index in [1.165, 1.54) is 25.4 Å². The van der Waals surface area contributed by atoms with Gasteiger partial charge in [0.05, 0.1) is 5.56 Å². The zero-order chi connectivity index (χ0) is 14.4. The summed E-state index contributed by atoms with van der Waals surface area (Å²) in [5.41, 5.74) is 5.45. The van der Waals surface area contributed by atoms with Crippen molar-refractivity contribution in [2.75, 3.05) is 6.61 Å². The van der Waals surface area contributed by atoms with Gasteiger partial charge in [0.1, 0.15) is 11.6 Å². The van der Waals surface area contributed by atoms with Gasteiger partial charge in [0.25, 0.3) is 0 Å². The maximum Gasteiger partial charge on any atom is 0.340 e. The number of aromatic nitrogens is 1. The number of hydrogen-bond acceptors (Lipinski definition) is 6. The highest BCUT2D eigenvalue weighted by atomic mass is 79.9. The number of hydrogen-bond donors (Lipinski definition) is 1. The molecular formula is C12H10BrN3O3. The number of halogens is 1. The van der Waals surface area contributed by atoms with E-state index in [2.05, 4.69) is 20.9 Å². The van der Waals surface area contributed by atoms with Crippen LogP contribution in [0.5, 0.6) is 0 Å². The number of esters is 1. The predicted octanol–water partition coefficient (Wildman–Crippen LogP) is 1.33. The summed E-state index contributed by atoms with van der Waals surface area (Å²) in [6.45, 7) is 0.888. The summed E-state index contributed by atoms with van der Waals surface area (Å²) in [5.74, 6) is -1.34. The zero-order valence-corrected chi connectivity index (χ0v) is 11.6. The molecule has 0 atom stereocenters. The van der Waals surface area contributed by atoms with Crippen molar-refractivity contribution in [2.24, 2.45) is 5.73 Å². The molecule has 2 N–H and O–H groups in total. The number of pyridine rings is 1. The molecule has 98 valence electrons. The van der Waals surface area contributed by atoms with E-state index >= 15 is 0 Å². The lowest BCUT2D eigenvalue weighted by Gasteiger charge is -2.04. The first kappa shape index (κ1) is 14.9. The first-order chi connectivity index (χ1) is 8.95. The van der Waals surface area contributed by atoms with Gasteiger partial charge in [0.2, 0.25) is 5.78 Å². The minimum atomic E-state index is -0.700. The third-order valence-electron chi connectivity index (χ3n) is 2.06. The molecule has 1 aromatic rings. The monoisotopic (exact) mass is 323 g/mol. The lowest BCUT2D eigenvalue weighted by atomic mass is 10.1. The van der Waals surface area contributed by atoms with Crippen molar-refractivity contribution in [3.63, 3.8) is 0 Å². The van der Waals surface area contributed by atoms with Crippen LogP contribution in [0, 0.1) is 11.3 Å². The molecule has 1 rings (SSSR count). The first-order valence-electron chi connectivity index (χ1n) is 5.13. The highest BCUT2D eigenvalue weighted by Crippen LogP contribution is 2.10. The van der Waals surface area contributed by atoms with Gasteiger partial charge in [0.15, 0.2) is 6.61 Å². The standard InChI is InChI=1S/C12H10BrN3O3/c1-7(15)10(3-14)11(17)6-19-12(18)8-2-9(13)5-16-4-8/h2,4-5H,6,15H2,1H3/b10-7-. The molecule has 0 aromatic carbocycles. The Kier molecular flexibility index (Phi) is 5.21. The molecule has 1 aromatic heterocycles. The Bertz CT molecular complexity index is 586. The van der Waals surface area contributed by atoms with Crippen LogP contribution >= 0.6 is 15.9 Å². The van der Waals surface area contributed by atoms with Gasteiger partial charge in [-0.1, -0.05) is 0 Å². The second-order valence-electron chi connectivity index (χ2n) is 3.56. The van der Waals surface area contributed by atoms with E-state index in [0.29, 0.717) is 4.47 Å². The van der Waals surface area contributed by atoms with Crippen molar-refractivity contribution in [1.29, 1.82) is 5.26 Å². The molecular weight excluding hydrogens is 314 g/mol. The van der Waals surface area contributed by atoms with E-state index in [4.69, 9.17) is 15.7 Å². The fraction of sp³-hybridized carbons (Fsp3) is 0.167. The van der Waals surface area contributed by atoms with Crippen LogP contribution in [-0.2, 0) is 9.53 Å². The number of carbonyl (C=O) groups excluding carboxylic acids is 2. The van der Waals surface area contributed by atoms with Crippen LogP contribution in [0.15, 0.2) is 34.2 Å². The van der Waals surface area contributed by atoms with Crippen molar-refractivity contribution in [3.8, 4) is 6.07 Å². The number of nitriles is 1. The van der Waals surface area contributed by atoms with E-state index in [9.17, 15) is 9.59 Å². The number of ether oxygens (including phenoxy) is 1. The zero-order valence-electron chi connectivity index (χ0n) is 10.0. The Hall–Kier alpha value is -2.20. The van der Waals surface area contributed by atoms with E-state index < -0.39 is 18.4 Å². The summed E-state index contributed by atoms with van der Waals surface area (Å²) in [7, 11) is 0. The number of rotatable bonds is 4. The highest BCUT2D eigenvalue weighted by Gasteiger charge is 2.15. The maximum absolute atomic E-state index is 11.6. The molecule has 0 amide bonds. The molecule has 0 aliphatic carbocycles. The van der Waals surface area contributed by atoms with Crippen LogP contribution in [0.4, 0.5) is 0 Å². The third kappa shape index (κ3) is 4.19. The van der Waals surface area contributed by atoms with Crippen LogP contribution in [0.3, 0.4) is 0 Å². The highest BCUT2D eigenvalue weighted by molar-refractivity contribution is 9.10. The van der Waals surface area contributed by atoms with E-state index in [1.807, 2.05) is 0 Å². The van der Waals surface area contributed by atoms with Crippen LogP contribution in [0.1, 0.15) is 17.3 Å². The maximum atomic E-state index is 11.6. The molecule has 6 nitrogen and oxygen atoms in total. The molecule has 0 bridgehead atoms. The largest absolute Gasteiger partial charge is 0.454 e. The number of carbonyl (C=O) groups is 2. The van der Waals surface area contributed by atoms with Crippen LogP contribution in [0.2, 0.25) is 0 Å². The van der Waals surface area contributed by atoms with Crippen molar-refractivity contribution in [3.05, 3.63) is 39.8 Å². The van der Waals surface area contributed by atoms with Crippen LogP contribution in [-0.4, -0.2) is 23.3 Å². The van der Waals surface area contributed by atoms with E-state index in [0.717, 1.165) is 0 Å². The van der Waals surface area contributed by atoms with Crippen molar-refractivity contribution in [2.45, 2.75) is 6.92 Å². The summed E-state index contributed by atoms with van der Waals surface area (Å²) >= 11 is 3.16. The quantitative estimate of drug-likeness (QED) is 0.509. The van der Waals surface area contributed by atoms with Crippen molar-refractivity contribution < 1.29 is 14.3 Å². The van der Waals surface area contributed by atoms with Gasteiger partial charge >= 0.3 is 5.97 Å². The molecule has 1 heterocycles. The lowest BCUT2D eigenvalue weighted by Crippen LogP contribution is -2.17. The minimum Gasteiger partial charge on any atom is -0.454 e. The Morgan fingerprint density at radius 1 is 1.53 bits per heavy atom. The molecule has 0 unspecified atom stereocenters. The van der Waals surface area contributed by atoms with Crippen LogP contribution < -0.4 is 5.73 Å². The molecule has 19 heavy (non-hydrogen) atoms. The average molecular weight is 324 g/mol. The number of nitrogens with zero attached hydrogens (tertiary/aromatic N) is 2. The predicted molar refractivity (Wildman–Crippen MR) is 69.7 cm³/mol. The Labute approximate surface area is 118 Å². The fourth-order valence-electron chi connectivity index (χ4n) is 1.18. The molecule has 0 spiro atoms. The average Bonchev–Trinajstić information content (AvgIpc) is 2.36. The van der Waals surface area contributed by atoms with Gasteiger partial charge in [-0.15, -0.1) is 0 Å². The topological polar surface area (TPSA) is 106 Å². The van der Waals surface area contributed by atoms with E-state index in [1.54, 1.807) is 6.07 Å². The van der Waals surface area contributed by atoms with Gasteiger partial charge in [0, 0.05) is 22.6 Å². The SMILES string of the molecule is C/C(N)=C(\C#N)C(=O)COC(=O)c1cncc(Br)c1. The first-order valence-corrected chi connectivity index (χ1v) is 5.92. The van der Waals surface area contributed by atoms with Crippen LogP contribution in [0.25, 0.3) is 0 Å². The number of Topliss-reactive ketones (excluding diaryl/α,β-unsaturated/α-hetero) is 1. The molecule has 0 aliphatic rings. The lowest BCUT2D eigenvalue weighted by molar-refractivity contribution is -0.118. The fourth-order valence-corrected chi connectivity index (χ4v) is 1.55. The molecule has 0 fully saturated rings. The number of nitrogens with two attached hydrogens (primary N) is 1. The number of ketones is 1. The van der Waals surface area contributed by atoms with Gasteiger partial charge in [-0.3, -0.25) is 9.78 Å². The summed E-state index contributed by atoms with van der Waals surface area (Å²) in [6, 6.07) is 3.18. The second-order valence-corrected chi connectivity index (χ2v) is 4.48. The third-order valence-corrected chi connectivity index (χ3v) is 2.49. The molecule has 0 aliphatic heterocycles. The smallest absolute Gasteiger partial charge is 0.340 e. The molecule has 7 heteroatoms. The van der Waals surface area contributed by atoms with Crippen molar-refractivity contribution >= 4 is 27.7 Å². The summed E-state index contributed by atoms with van der Waals surface area (Å²) < 4.78 is 5.40. The Balaban J connectivity index is 2.69. The normalized spacial score (nSPS) is 11.2. The molecule has 0 saturated heterocycles. The van der Waals surface area contributed by atoms with Gasteiger partial charge in [-0.25, -0.2) is 4.79 Å². The Morgan fingerprint density at radius 2 is 2.21 bits per heavy atom. The molecule has 0 radical (unpaired) electrons. The summed E-state index contributed by atoms with van der Waals surface area (Å²) in [4.78, 5) is 27.0. The van der Waals surface area contributed by atoms with E-state index in [-0.39, 0.29) is 16.8 Å². The second kappa shape index (κ2) is 6.66. The van der Waals surface area contributed by atoms with Gasteiger partial charge in [-0.05, 0) is 28.9 Å². The van der Waals surface area contributed by atoms with Gasteiger partial charge < -0.3 is 10.5 Å². The number of allylic oxidation sites excluding steroid dienone is 1.